The molecule has 2 amide bonds. The van der Waals surface area contributed by atoms with Crippen LogP contribution in [0.4, 0.5) is 23.8 Å². The summed E-state index contributed by atoms with van der Waals surface area (Å²) in [5.74, 6) is -1.33. The minimum absolute atomic E-state index is 0. The molecule has 1 N–H and O–H groups in total. The summed E-state index contributed by atoms with van der Waals surface area (Å²) in [5, 5.41) is 1.72. The molecule has 4 rings (SSSR count). The molecule has 0 aliphatic carbocycles. The molecule has 2 aliphatic rings. The van der Waals surface area contributed by atoms with Gasteiger partial charge in [0, 0.05) is 13.1 Å². The van der Waals surface area contributed by atoms with E-state index in [0.717, 1.165) is 11.8 Å². The Kier molecular flexibility index (Phi) is 7.01. The number of carbonyl (C=O) groups excluding carboxylic acids is 2. The van der Waals surface area contributed by atoms with Gasteiger partial charge in [-0.2, -0.15) is 13.2 Å². The SMILES string of the molecule is O=C1NC(=O)C(=Cc2ccc3ncnc(N4CCC(C(F)(F)F)CC4)c3n2)S1.[KH]. The van der Waals surface area contributed by atoms with E-state index in [0.29, 0.717) is 22.5 Å². The van der Waals surface area contributed by atoms with Crippen molar-refractivity contribution in [2.24, 2.45) is 5.92 Å². The van der Waals surface area contributed by atoms with Crippen molar-refractivity contribution in [2.75, 3.05) is 18.0 Å². The Morgan fingerprint density at radius 2 is 1.90 bits per heavy atom. The number of carbonyl (C=O) groups is 2. The number of thioether (sulfide) groups is 1. The average molecular weight is 449 g/mol. The number of hydrogen-bond donors (Lipinski definition) is 1. The number of imide groups is 1. The molecular formula is C17H15F3KN5O2S. The van der Waals surface area contributed by atoms with E-state index >= 15 is 0 Å². The van der Waals surface area contributed by atoms with Crippen LogP contribution in [0.25, 0.3) is 17.1 Å². The van der Waals surface area contributed by atoms with Crippen molar-refractivity contribution in [3.63, 3.8) is 0 Å². The molecule has 0 saturated carbocycles. The third-order valence-corrected chi connectivity index (χ3v) is 5.47. The third kappa shape index (κ3) is 4.99. The molecule has 4 heterocycles. The number of pyridine rings is 1. The summed E-state index contributed by atoms with van der Waals surface area (Å²) in [5.41, 5.74) is 1.42. The molecule has 0 radical (unpaired) electrons. The molecule has 0 unspecified atom stereocenters. The Labute approximate surface area is 210 Å². The van der Waals surface area contributed by atoms with Crippen molar-refractivity contribution in [2.45, 2.75) is 19.0 Å². The van der Waals surface area contributed by atoms with Gasteiger partial charge in [-0.15, -0.1) is 0 Å². The van der Waals surface area contributed by atoms with Crippen LogP contribution in [0.15, 0.2) is 23.4 Å². The van der Waals surface area contributed by atoms with Crippen molar-refractivity contribution in [1.82, 2.24) is 20.3 Å². The Balaban J connectivity index is 0.00000240. The Morgan fingerprint density at radius 1 is 1.17 bits per heavy atom. The molecule has 2 aromatic heterocycles. The Hall–Kier alpha value is -1.05. The van der Waals surface area contributed by atoms with Gasteiger partial charge in [-0.3, -0.25) is 14.9 Å². The molecule has 7 nitrogen and oxygen atoms in total. The van der Waals surface area contributed by atoms with E-state index in [-0.39, 0.29) is 82.2 Å². The number of fused-ring (bicyclic) bond motifs is 1. The van der Waals surface area contributed by atoms with Crippen molar-refractivity contribution >= 4 is 97.2 Å². The summed E-state index contributed by atoms with van der Waals surface area (Å²) < 4.78 is 38.7. The molecule has 148 valence electrons. The van der Waals surface area contributed by atoms with E-state index in [1.165, 1.54) is 12.4 Å². The second kappa shape index (κ2) is 8.98. The number of nitrogens with zero attached hydrogens (tertiary/aromatic N) is 4. The molecule has 0 atom stereocenters. The average Bonchev–Trinajstić information content (AvgIpc) is 2.97. The minimum atomic E-state index is -4.19. The summed E-state index contributed by atoms with van der Waals surface area (Å²) in [6, 6.07) is 3.35. The van der Waals surface area contributed by atoms with Crippen LogP contribution in [0.2, 0.25) is 0 Å². The first-order valence-electron chi connectivity index (χ1n) is 8.49. The topological polar surface area (TPSA) is 88.1 Å². The monoisotopic (exact) mass is 449 g/mol. The van der Waals surface area contributed by atoms with Crippen molar-refractivity contribution in [3.8, 4) is 0 Å². The molecule has 2 aromatic rings. The zero-order valence-electron chi connectivity index (χ0n) is 14.4. The van der Waals surface area contributed by atoms with Gasteiger partial charge in [-0.25, -0.2) is 15.0 Å². The predicted octanol–water partition coefficient (Wildman–Crippen LogP) is 2.48. The van der Waals surface area contributed by atoms with Gasteiger partial charge >= 0.3 is 57.6 Å². The van der Waals surface area contributed by atoms with Gasteiger partial charge in [0.25, 0.3) is 11.1 Å². The number of amides is 2. The van der Waals surface area contributed by atoms with Crippen LogP contribution in [-0.2, 0) is 4.79 Å². The fourth-order valence-corrected chi connectivity index (χ4v) is 3.90. The van der Waals surface area contributed by atoms with Crippen LogP contribution in [0.5, 0.6) is 0 Å². The second-order valence-corrected chi connectivity index (χ2v) is 7.47. The van der Waals surface area contributed by atoms with Gasteiger partial charge in [0.15, 0.2) is 5.82 Å². The van der Waals surface area contributed by atoms with Crippen LogP contribution in [0, 0.1) is 5.92 Å². The summed E-state index contributed by atoms with van der Waals surface area (Å²) >= 11 is 0.782. The second-order valence-electron chi connectivity index (χ2n) is 6.46. The molecule has 0 bridgehead atoms. The van der Waals surface area contributed by atoms with Gasteiger partial charge in [-0.05, 0) is 42.8 Å². The summed E-state index contributed by atoms with van der Waals surface area (Å²) in [7, 11) is 0. The number of aromatic nitrogens is 3. The van der Waals surface area contributed by atoms with Gasteiger partial charge < -0.3 is 4.90 Å². The van der Waals surface area contributed by atoms with E-state index in [9.17, 15) is 22.8 Å². The first kappa shape index (κ1) is 22.6. The summed E-state index contributed by atoms with van der Waals surface area (Å²) in [6.45, 7) is 0.437. The van der Waals surface area contributed by atoms with E-state index in [4.69, 9.17) is 0 Å². The number of nitrogens with one attached hydrogen (secondary N) is 1. The fourth-order valence-electron chi connectivity index (χ4n) is 3.23. The van der Waals surface area contributed by atoms with E-state index < -0.39 is 23.2 Å². The summed E-state index contributed by atoms with van der Waals surface area (Å²) in [6.07, 6.45) is -1.35. The molecular weight excluding hydrogens is 434 g/mol. The number of piperidine rings is 1. The standard InChI is InChI=1S/C17H14F3N5O2S.K.H/c18-17(19,20)9-3-5-25(6-4-9)14-13-11(21-8-22-14)2-1-10(23-13)7-12-15(26)24-16(27)28-12;;/h1-2,7-9H,3-6H2,(H,24,26,27);;. The number of alkyl halides is 3. The maximum atomic E-state index is 12.9. The normalized spacial score (nSPS) is 19.6. The van der Waals surface area contributed by atoms with Gasteiger partial charge in [-0.1, -0.05) is 0 Å². The molecule has 2 saturated heterocycles. The van der Waals surface area contributed by atoms with Crippen LogP contribution in [0.3, 0.4) is 0 Å². The zero-order valence-corrected chi connectivity index (χ0v) is 15.2. The zero-order chi connectivity index (χ0) is 19.9. The van der Waals surface area contributed by atoms with Crippen molar-refractivity contribution in [3.05, 3.63) is 29.1 Å². The van der Waals surface area contributed by atoms with Crippen molar-refractivity contribution < 1.29 is 22.8 Å². The molecule has 2 fully saturated rings. The van der Waals surface area contributed by atoms with Gasteiger partial charge in [0.2, 0.25) is 0 Å². The number of anilines is 1. The van der Waals surface area contributed by atoms with Crippen molar-refractivity contribution in [1.29, 1.82) is 0 Å². The van der Waals surface area contributed by atoms with E-state index in [1.807, 2.05) is 0 Å². The number of rotatable bonds is 2. The summed E-state index contributed by atoms with van der Waals surface area (Å²) in [4.78, 5) is 37.8. The van der Waals surface area contributed by atoms with Crippen LogP contribution >= 0.6 is 11.8 Å². The predicted molar refractivity (Wildman–Crippen MR) is 105 cm³/mol. The number of halogens is 3. The fraction of sp³-hybridized carbons (Fsp3) is 0.353. The number of hydrogen-bond acceptors (Lipinski definition) is 7. The van der Waals surface area contributed by atoms with E-state index in [2.05, 4.69) is 20.3 Å². The molecule has 0 aromatic carbocycles. The molecule has 12 heteroatoms. The molecule has 29 heavy (non-hydrogen) atoms. The molecule has 2 aliphatic heterocycles. The quantitative estimate of drug-likeness (QED) is 0.557. The van der Waals surface area contributed by atoms with Crippen LogP contribution in [-0.4, -0.2) is 96.7 Å². The van der Waals surface area contributed by atoms with Gasteiger partial charge in [0.1, 0.15) is 11.8 Å². The van der Waals surface area contributed by atoms with Crippen LogP contribution < -0.4 is 10.2 Å². The van der Waals surface area contributed by atoms with Crippen LogP contribution in [0.1, 0.15) is 18.5 Å². The molecule has 0 spiro atoms. The first-order valence-corrected chi connectivity index (χ1v) is 9.31. The first-order chi connectivity index (χ1) is 13.3. The Morgan fingerprint density at radius 3 is 2.52 bits per heavy atom. The Bertz CT molecular complexity index is 993. The van der Waals surface area contributed by atoms with Gasteiger partial charge in [0.05, 0.1) is 22.0 Å². The third-order valence-electron chi connectivity index (χ3n) is 4.66. The maximum absolute atomic E-state index is 12.9. The van der Waals surface area contributed by atoms with E-state index in [1.54, 1.807) is 17.0 Å².